The normalized spacial score (nSPS) is 26.8. The number of anilines is 1. The van der Waals surface area contributed by atoms with E-state index in [2.05, 4.69) is 25.9 Å². The number of rotatable bonds is 2. The van der Waals surface area contributed by atoms with Crippen LogP contribution in [0.15, 0.2) is 58.5 Å². The number of carbonyl (C=O) groups is 2. The van der Waals surface area contributed by atoms with E-state index in [0.717, 1.165) is 35.7 Å². The molecule has 2 aliphatic heterocycles. The summed E-state index contributed by atoms with van der Waals surface area (Å²) < 4.78 is 7.01. The van der Waals surface area contributed by atoms with Gasteiger partial charge in [0.2, 0.25) is 5.95 Å². The van der Waals surface area contributed by atoms with Crippen LogP contribution in [-0.4, -0.2) is 27.8 Å². The van der Waals surface area contributed by atoms with Crippen molar-refractivity contribution >= 4 is 33.6 Å². The lowest BCUT2D eigenvalue weighted by Gasteiger charge is -2.35. The third-order valence-electron chi connectivity index (χ3n) is 5.70. The quantitative estimate of drug-likeness (QED) is 0.712. The molecule has 3 heterocycles. The van der Waals surface area contributed by atoms with Gasteiger partial charge in [0.15, 0.2) is 11.5 Å². The number of aromatic nitrogens is 2. The molecule has 0 radical (unpaired) electrons. The van der Waals surface area contributed by atoms with Gasteiger partial charge in [-0.1, -0.05) is 34.5 Å². The summed E-state index contributed by atoms with van der Waals surface area (Å²) in [5.74, 6) is -0.0466. The van der Waals surface area contributed by atoms with Crippen molar-refractivity contribution in [2.45, 2.75) is 37.8 Å². The average Bonchev–Trinajstić information content (AvgIpc) is 3.02. The van der Waals surface area contributed by atoms with Gasteiger partial charge in [-0.3, -0.25) is 14.5 Å². The van der Waals surface area contributed by atoms with Crippen LogP contribution < -0.4 is 4.90 Å². The molecule has 7 heteroatoms. The summed E-state index contributed by atoms with van der Waals surface area (Å²) in [5.41, 5.74) is 1.27. The second-order valence-electron chi connectivity index (χ2n) is 7.34. The highest BCUT2D eigenvalue weighted by Crippen LogP contribution is 2.47. The number of halogens is 1. The molecule has 3 atom stereocenters. The van der Waals surface area contributed by atoms with Crippen molar-refractivity contribution in [1.29, 1.82) is 0 Å². The number of ether oxygens (including phenoxy) is 1. The molecule has 3 aliphatic rings. The number of nitrogens with zero attached hydrogens (tertiary/aromatic N) is 3. The Balaban J connectivity index is 1.67. The number of amides is 1. The number of Topliss-reactive ketones (excluding diaryl/α,β-unsaturated/α-hetero) is 1. The minimum Gasteiger partial charge on any atom is -0.483 e. The lowest BCUT2D eigenvalue weighted by atomic mass is 9.77. The van der Waals surface area contributed by atoms with Crippen molar-refractivity contribution in [2.75, 3.05) is 4.90 Å². The summed E-state index contributed by atoms with van der Waals surface area (Å²) in [6.45, 7) is 0. The van der Waals surface area contributed by atoms with Gasteiger partial charge in [0, 0.05) is 16.9 Å². The molecule has 0 bridgehead atoms. The van der Waals surface area contributed by atoms with E-state index < -0.39 is 6.04 Å². The number of fused-ring (bicyclic) bond motifs is 1. The zero-order valence-corrected chi connectivity index (χ0v) is 16.6. The highest BCUT2D eigenvalue weighted by atomic mass is 79.9. The fourth-order valence-corrected chi connectivity index (χ4v) is 4.88. The maximum Gasteiger partial charge on any atom is 0.297 e. The van der Waals surface area contributed by atoms with Crippen LogP contribution in [0.4, 0.5) is 5.95 Å². The Hall–Kier alpha value is -2.54. The van der Waals surface area contributed by atoms with Crippen LogP contribution in [0.5, 0.6) is 0 Å². The number of carbonyl (C=O) groups excluding carboxylic acids is 2. The van der Waals surface area contributed by atoms with Crippen LogP contribution in [0, 0.1) is 5.92 Å². The molecule has 1 aliphatic carbocycles. The van der Waals surface area contributed by atoms with Gasteiger partial charge in [-0.2, -0.15) is 0 Å². The zero-order valence-electron chi connectivity index (χ0n) is 15.0. The molecule has 0 N–H and O–H groups in total. The second kappa shape index (κ2) is 6.81. The van der Waals surface area contributed by atoms with Crippen molar-refractivity contribution in [2.24, 2.45) is 5.92 Å². The summed E-state index contributed by atoms with van der Waals surface area (Å²) in [6.07, 6.45) is 6.63. The first-order valence-electron chi connectivity index (χ1n) is 9.46. The molecule has 142 valence electrons. The molecule has 1 aromatic heterocycles. The first-order chi connectivity index (χ1) is 13.6. The first-order valence-corrected chi connectivity index (χ1v) is 10.3. The van der Waals surface area contributed by atoms with Crippen LogP contribution in [0.2, 0.25) is 0 Å². The number of hydrogen-bond donors (Lipinski definition) is 0. The van der Waals surface area contributed by atoms with Gasteiger partial charge in [0.05, 0.1) is 17.5 Å². The summed E-state index contributed by atoms with van der Waals surface area (Å²) in [7, 11) is 0. The van der Waals surface area contributed by atoms with Crippen LogP contribution in [0.3, 0.4) is 0 Å². The van der Waals surface area contributed by atoms with E-state index in [0.29, 0.717) is 5.57 Å². The summed E-state index contributed by atoms with van der Waals surface area (Å²) in [6, 6.07) is 8.75. The summed E-state index contributed by atoms with van der Waals surface area (Å²) in [4.78, 5) is 36.8. The average molecular weight is 440 g/mol. The minimum atomic E-state index is -0.585. The number of benzene rings is 1. The molecule has 5 rings (SSSR count). The molecule has 1 amide bonds. The van der Waals surface area contributed by atoms with Crippen molar-refractivity contribution in [3.63, 3.8) is 0 Å². The highest BCUT2D eigenvalue weighted by Gasteiger charge is 2.53. The SMILES string of the molecule is O=C1C2=C(OC3CCCCC13)C(=O)N(c1ncccn1)C2c1cccc(Br)c1. The monoisotopic (exact) mass is 439 g/mol. The van der Waals surface area contributed by atoms with Gasteiger partial charge < -0.3 is 4.74 Å². The minimum absolute atomic E-state index is 0.0303. The van der Waals surface area contributed by atoms with E-state index >= 15 is 0 Å². The van der Waals surface area contributed by atoms with Crippen molar-refractivity contribution < 1.29 is 14.3 Å². The Morgan fingerprint density at radius 3 is 2.64 bits per heavy atom. The van der Waals surface area contributed by atoms with Crippen molar-refractivity contribution in [1.82, 2.24) is 9.97 Å². The van der Waals surface area contributed by atoms with Gasteiger partial charge in [0.1, 0.15) is 6.10 Å². The van der Waals surface area contributed by atoms with Gasteiger partial charge in [-0.25, -0.2) is 9.97 Å². The Morgan fingerprint density at radius 2 is 1.86 bits per heavy atom. The van der Waals surface area contributed by atoms with Gasteiger partial charge >= 0.3 is 0 Å². The van der Waals surface area contributed by atoms with Crippen molar-refractivity contribution in [3.05, 3.63) is 64.1 Å². The molecule has 28 heavy (non-hydrogen) atoms. The molecular weight excluding hydrogens is 422 g/mol. The Morgan fingerprint density at radius 1 is 1.07 bits per heavy atom. The van der Waals surface area contributed by atoms with E-state index in [1.165, 1.54) is 4.90 Å². The Bertz CT molecular complexity index is 991. The first kappa shape index (κ1) is 17.6. The molecule has 1 saturated carbocycles. The maximum atomic E-state index is 13.5. The fraction of sp³-hybridized carbons (Fsp3) is 0.333. The van der Waals surface area contributed by atoms with E-state index in [1.807, 2.05) is 24.3 Å². The second-order valence-corrected chi connectivity index (χ2v) is 8.25. The molecule has 1 fully saturated rings. The molecule has 6 nitrogen and oxygen atoms in total. The van der Waals surface area contributed by atoms with Crippen molar-refractivity contribution in [3.8, 4) is 0 Å². The zero-order chi connectivity index (χ0) is 19.3. The largest absolute Gasteiger partial charge is 0.483 e. The number of ketones is 1. The number of hydrogen-bond acceptors (Lipinski definition) is 5. The summed E-state index contributed by atoms with van der Waals surface area (Å²) >= 11 is 3.49. The topological polar surface area (TPSA) is 72.4 Å². The smallest absolute Gasteiger partial charge is 0.297 e. The lowest BCUT2D eigenvalue weighted by molar-refractivity contribution is -0.131. The van der Waals surface area contributed by atoms with Gasteiger partial charge in [-0.15, -0.1) is 0 Å². The van der Waals surface area contributed by atoms with Gasteiger partial charge in [-0.05, 0) is 43.0 Å². The molecule has 0 spiro atoms. The highest BCUT2D eigenvalue weighted by molar-refractivity contribution is 9.10. The molecule has 1 aromatic carbocycles. The van der Waals surface area contributed by atoms with E-state index in [9.17, 15) is 9.59 Å². The van der Waals surface area contributed by atoms with E-state index in [-0.39, 0.29) is 35.4 Å². The predicted octanol–water partition coefficient (Wildman–Crippen LogP) is 3.74. The standard InChI is InChI=1S/C21H18BrN3O3/c22-13-6-3-5-12(11-13)17-16-18(26)14-7-1-2-8-15(14)28-19(16)20(27)25(17)21-23-9-4-10-24-21/h3-6,9-11,14-15,17H,1-2,7-8H2. The molecule has 2 aromatic rings. The molecule has 0 saturated heterocycles. The third-order valence-corrected chi connectivity index (χ3v) is 6.19. The molecular formula is C21H18BrN3O3. The van der Waals surface area contributed by atoms with E-state index in [1.54, 1.807) is 18.5 Å². The van der Waals surface area contributed by atoms with Gasteiger partial charge in [0.25, 0.3) is 5.91 Å². The van der Waals surface area contributed by atoms with Crippen LogP contribution in [0.1, 0.15) is 37.3 Å². The predicted molar refractivity (Wildman–Crippen MR) is 105 cm³/mol. The maximum absolute atomic E-state index is 13.5. The van der Waals surface area contributed by atoms with Crippen LogP contribution in [-0.2, 0) is 14.3 Å². The third kappa shape index (κ3) is 2.68. The van der Waals surface area contributed by atoms with Crippen LogP contribution in [0.25, 0.3) is 0 Å². The summed E-state index contributed by atoms with van der Waals surface area (Å²) in [5, 5.41) is 0. The lowest BCUT2D eigenvalue weighted by Crippen LogP contribution is -2.39. The Labute approximate surface area is 170 Å². The molecule has 3 unspecified atom stereocenters. The fourth-order valence-electron chi connectivity index (χ4n) is 4.46. The van der Waals surface area contributed by atoms with E-state index in [4.69, 9.17) is 4.74 Å². The Kier molecular flexibility index (Phi) is 4.27. The van der Waals surface area contributed by atoms with Crippen LogP contribution >= 0.6 is 15.9 Å².